The highest BCUT2D eigenvalue weighted by atomic mass is 16.2. The van der Waals surface area contributed by atoms with Crippen molar-refractivity contribution in [3.63, 3.8) is 0 Å². The van der Waals surface area contributed by atoms with Gasteiger partial charge in [0.15, 0.2) is 0 Å². The quantitative estimate of drug-likeness (QED) is 0.518. The maximum Gasteiger partial charge on any atom is 0.270 e. The average molecular weight is 403 g/mol. The van der Waals surface area contributed by atoms with Crippen molar-refractivity contribution in [2.45, 2.75) is 6.92 Å². The minimum atomic E-state index is 0.0273. The Labute approximate surface area is 175 Å². The van der Waals surface area contributed by atoms with Gasteiger partial charge in [0, 0.05) is 43.3 Å². The van der Waals surface area contributed by atoms with E-state index in [4.69, 9.17) is 5.73 Å². The standard InChI is InChI=1S/C22H25N7O/c1-15(18-5-3-4-8-24-18)25-22(23)26-17-6-7-19-16(13-17)14-20(27-19)21(30)29-11-9-28(2)10-12-29/h3-8,13-14,27H,9-12H2,1-2H3,(H2,23,26). The van der Waals surface area contributed by atoms with Gasteiger partial charge >= 0.3 is 0 Å². The van der Waals surface area contributed by atoms with Crippen LogP contribution in [-0.4, -0.2) is 70.6 Å². The second-order valence-corrected chi connectivity index (χ2v) is 7.43. The van der Waals surface area contributed by atoms with Gasteiger partial charge in [-0.05, 0) is 50.4 Å². The molecule has 3 aromatic rings. The third-order valence-electron chi connectivity index (χ3n) is 5.19. The molecule has 154 valence electrons. The number of nitrogens with two attached hydrogens (primary N) is 1. The van der Waals surface area contributed by atoms with Crippen molar-refractivity contribution in [2.75, 3.05) is 33.2 Å². The van der Waals surface area contributed by atoms with E-state index < -0.39 is 0 Å². The number of guanidine groups is 1. The summed E-state index contributed by atoms with van der Waals surface area (Å²) in [6, 6.07) is 13.1. The average Bonchev–Trinajstić information content (AvgIpc) is 3.17. The number of aliphatic imine (C=N–C) groups is 2. The highest BCUT2D eigenvalue weighted by Gasteiger charge is 2.21. The van der Waals surface area contributed by atoms with Crippen molar-refractivity contribution in [1.82, 2.24) is 19.8 Å². The van der Waals surface area contributed by atoms with Gasteiger partial charge in [-0.3, -0.25) is 9.78 Å². The molecule has 1 fully saturated rings. The number of rotatable bonds is 3. The van der Waals surface area contributed by atoms with Crippen LogP contribution in [0.4, 0.5) is 5.69 Å². The van der Waals surface area contributed by atoms with E-state index in [2.05, 4.69) is 31.9 Å². The summed E-state index contributed by atoms with van der Waals surface area (Å²) in [6.45, 7) is 5.11. The third-order valence-corrected chi connectivity index (χ3v) is 5.19. The second-order valence-electron chi connectivity index (χ2n) is 7.43. The van der Waals surface area contributed by atoms with E-state index >= 15 is 0 Å². The van der Waals surface area contributed by atoms with Crippen molar-refractivity contribution in [1.29, 1.82) is 0 Å². The lowest BCUT2D eigenvalue weighted by Gasteiger charge is -2.32. The van der Waals surface area contributed by atoms with E-state index in [0.29, 0.717) is 17.1 Å². The minimum absolute atomic E-state index is 0.0273. The summed E-state index contributed by atoms with van der Waals surface area (Å²) in [6.07, 6.45) is 1.71. The van der Waals surface area contributed by atoms with E-state index in [1.165, 1.54) is 0 Å². The van der Waals surface area contributed by atoms with Crippen molar-refractivity contribution >= 4 is 34.2 Å². The van der Waals surface area contributed by atoms with Crippen LogP contribution in [0.15, 0.2) is 58.6 Å². The molecule has 4 rings (SSSR count). The zero-order chi connectivity index (χ0) is 21.1. The number of fused-ring (bicyclic) bond motifs is 1. The van der Waals surface area contributed by atoms with Gasteiger partial charge in [-0.25, -0.2) is 9.98 Å². The van der Waals surface area contributed by atoms with Crippen molar-refractivity contribution in [2.24, 2.45) is 15.7 Å². The molecule has 0 spiro atoms. The van der Waals surface area contributed by atoms with Crippen LogP contribution in [-0.2, 0) is 0 Å². The lowest BCUT2D eigenvalue weighted by Crippen LogP contribution is -2.47. The van der Waals surface area contributed by atoms with Crippen molar-refractivity contribution in [3.05, 3.63) is 60.0 Å². The molecule has 1 saturated heterocycles. The zero-order valence-corrected chi connectivity index (χ0v) is 17.2. The first kappa shape index (κ1) is 19.8. The number of likely N-dealkylation sites (N-methyl/N-ethyl adjacent to an activating group) is 1. The summed E-state index contributed by atoms with van der Waals surface area (Å²) in [5.74, 6) is 0.182. The second kappa shape index (κ2) is 8.46. The van der Waals surface area contributed by atoms with E-state index in [1.807, 2.05) is 54.3 Å². The Balaban J connectivity index is 1.53. The molecule has 3 heterocycles. The van der Waals surface area contributed by atoms with Gasteiger partial charge < -0.3 is 20.5 Å². The number of nitrogens with zero attached hydrogens (tertiary/aromatic N) is 5. The number of benzene rings is 1. The number of aromatic nitrogens is 2. The lowest BCUT2D eigenvalue weighted by atomic mass is 10.2. The van der Waals surface area contributed by atoms with Gasteiger partial charge in [-0.2, -0.15) is 0 Å². The molecule has 1 amide bonds. The Morgan fingerprint density at radius 3 is 2.67 bits per heavy atom. The van der Waals surface area contributed by atoms with Gasteiger partial charge in [0.05, 0.1) is 17.1 Å². The molecule has 0 radical (unpaired) electrons. The highest BCUT2D eigenvalue weighted by Crippen LogP contribution is 2.23. The number of pyridine rings is 1. The van der Waals surface area contributed by atoms with Crippen LogP contribution in [0.1, 0.15) is 23.1 Å². The van der Waals surface area contributed by atoms with Gasteiger partial charge in [-0.15, -0.1) is 0 Å². The summed E-state index contributed by atoms with van der Waals surface area (Å²) < 4.78 is 0. The van der Waals surface area contributed by atoms with Crippen LogP contribution >= 0.6 is 0 Å². The monoisotopic (exact) mass is 403 g/mol. The number of carbonyl (C=O) groups is 1. The molecular weight excluding hydrogens is 378 g/mol. The molecule has 0 bridgehead atoms. The fourth-order valence-corrected chi connectivity index (χ4v) is 3.45. The topological polar surface area (TPSA) is 103 Å². The van der Waals surface area contributed by atoms with Crippen LogP contribution < -0.4 is 5.73 Å². The summed E-state index contributed by atoms with van der Waals surface area (Å²) in [5, 5.41) is 0.909. The van der Waals surface area contributed by atoms with Crippen molar-refractivity contribution in [3.8, 4) is 0 Å². The summed E-state index contributed by atoms with van der Waals surface area (Å²) in [7, 11) is 2.07. The SMILES string of the molecule is CC(=NC(N)=Nc1ccc2[nH]c(C(=O)N3CCN(C)CC3)cc2c1)c1ccccn1. The molecule has 3 N–H and O–H groups in total. The normalized spacial score (nSPS) is 16.3. The predicted molar refractivity (Wildman–Crippen MR) is 119 cm³/mol. The molecule has 1 aromatic carbocycles. The number of hydrogen-bond acceptors (Lipinski definition) is 4. The summed E-state index contributed by atoms with van der Waals surface area (Å²) >= 11 is 0. The molecular formula is C22H25N7O. The van der Waals surface area contributed by atoms with Gasteiger partial charge in [-0.1, -0.05) is 6.07 Å². The lowest BCUT2D eigenvalue weighted by molar-refractivity contribution is 0.0659. The molecule has 8 heteroatoms. The van der Waals surface area contributed by atoms with Crippen LogP contribution in [0, 0.1) is 0 Å². The molecule has 1 aliphatic rings. The number of hydrogen-bond donors (Lipinski definition) is 2. The fourth-order valence-electron chi connectivity index (χ4n) is 3.45. The van der Waals surface area contributed by atoms with Gasteiger partial charge in [0.2, 0.25) is 5.96 Å². The Kier molecular flexibility index (Phi) is 5.58. The Morgan fingerprint density at radius 1 is 1.13 bits per heavy atom. The van der Waals surface area contributed by atoms with E-state index in [0.717, 1.165) is 42.8 Å². The van der Waals surface area contributed by atoms with Crippen LogP contribution in [0.5, 0.6) is 0 Å². The van der Waals surface area contributed by atoms with E-state index in [1.54, 1.807) is 6.20 Å². The van der Waals surface area contributed by atoms with Crippen molar-refractivity contribution < 1.29 is 4.79 Å². The zero-order valence-electron chi connectivity index (χ0n) is 17.2. The van der Waals surface area contributed by atoms with E-state index in [9.17, 15) is 4.79 Å². The van der Waals surface area contributed by atoms with Gasteiger partial charge in [0.25, 0.3) is 5.91 Å². The smallest absolute Gasteiger partial charge is 0.270 e. The molecule has 0 unspecified atom stereocenters. The Bertz CT molecular complexity index is 1110. The predicted octanol–water partition coefficient (Wildman–Crippen LogP) is 2.41. The Hall–Kier alpha value is -3.52. The van der Waals surface area contributed by atoms with E-state index in [-0.39, 0.29) is 11.9 Å². The first-order chi connectivity index (χ1) is 14.5. The Morgan fingerprint density at radius 2 is 1.93 bits per heavy atom. The highest BCUT2D eigenvalue weighted by molar-refractivity contribution is 6.05. The maximum atomic E-state index is 12.8. The molecule has 0 saturated carbocycles. The number of amides is 1. The summed E-state index contributed by atoms with van der Waals surface area (Å²) in [5.41, 5.74) is 9.61. The largest absolute Gasteiger partial charge is 0.368 e. The van der Waals surface area contributed by atoms with Gasteiger partial charge in [0.1, 0.15) is 5.69 Å². The number of H-pyrrole nitrogens is 1. The maximum absolute atomic E-state index is 12.8. The number of aromatic amines is 1. The summed E-state index contributed by atoms with van der Waals surface area (Å²) in [4.78, 5) is 33.1. The van der Waals surface area contributed by atoms with Crippen LogP contribution in [0.25, 0.3) is 10.9 Å². The molecule has 0 atom stereocenters. The minimum Gasteiger partial charge on any atom is -0.368 e. The molecule has 8 nitrogen and oxygen atoms in total. The first-order valence-electron chi connectivity index (χ1n) is 9.91. The molecule has 2 aromatic heterocycles. The molecule has 30 heavy (non-hydrogen) atoms. The third kappa shape index (κ3) is 4.38. The number of piperazine rings is 1. The fraction of sp³-hybridized carbons (Fsp3) is 0.273. The number of carbonyl (C=O) groups excluding carboxylic acids is 1. The first-order valence-corrected chi connectivity index (χ1v) is 9.91. The van der Waals surface area contributed by atoms with Crippen LogP contribution in [0.3, 0.4) is 0 Å². The molecule has 1 aliphatic heterocycles. The van der Waals surface area contributed by atoms with Crippen LogP contribution in [0.2, 0.25) is 0 Å². The molecule has 0 aliphatic carbocycles. The number of nitrogens with one attached hydrogen (secondary N) is 1.